The molecular weight excluding hydrogens is 288 g/mol. The molecule has 0 amide bonds. The predicted octanol–water partition coefficient (Wildman–Crippen LogP) is 3.59. The molecule has 114 valence electrons. The molecule has 3 aromatic rings. The van der Waals surface area contributed by atoms with E-state index in [0.29, 0.717) is 11.6 Å². The Balaban J connectivity index is 1.78. The first-order valence-corrected chi connectivity index (χ1v) is 7.14. The Morgan fingerprint density at radius 1 is 1.26 bits per heavy atom. The van der Waals surface area contributed by atoms with Crippen LogP contribution in [-0.4, -0.2) is 26.4 Å². The summed E-state index contributed by atoms with van der Waals surface area (Å²) in [6, 6.07) is 7.89. The van der Waals surface area contributed by atoms with Gasteiger partial charge in [0.05, 0.1) is 6.21 Å². The second kappa shape index (κ2) is 6.65. The van der Waals surface area contributed by atoms with Gasteiger partial charge in [-0.1, -0.05) is 49.1 Å². The van der Waals surface area contributed by atoms with Gasteiger partial charge in [0.25, 0.3) is 5.95 Å². The van der Waals surface area contributed by atoms with Crippen LogP contribution in [0.5, 0.6) is 0 Å². The molecule has 6 heteroatoms. The molecule has 0 unspecified atom stereocenters. The highest BCUT2D eigenvalue weighted by Crippen LogP contribution is 2.21. The molecule has 6 nitrogen and oxygen atoms in total. The van der Waals surface area contributed by atoms with Crippen LogP contribution in [0.15, 0.2) is 65.8 Å². The monoisotopic (exact) mass is 304 g/mol. The van der Waals surface area contributed by atoms with Crippen LogP contribution in [0, 0.1) is 0 Å². The molecule has 0 radical (unpaired) electrons. The van der Waals surface area contributed by atoms with Crippen molar-refractivity contribution in [1.29, 1.82) is 0 Å². The van der Waals surface area contributed by atoms with Gasteiger partial charge in [0, 0.05) is 10.9 Å². The maximum Gasteiger partial charge on any atom is 0.265 e. The summed E-state index contributed by atoms with van der Waals surface area (Å²) in [5, 5.41) is 13.4. The first kappa shape index (κ1) is 14.6. The summed E-state index contributed by atoms with van der Waals surface area (Å²) >= 11 is 0. The summed E-state index contributed by atoms with van der Waals surface area (Å²) in [7, 11) is 0. The molecule has 0 spiro atoms. The van der Waals surface area contributed by atoms with E-state index in [4.69, 9.17) is 0 Å². The molecule has 0 saturated heterocycles. The summed E-state index contributed by atoms with van der Waals surface area (Å²) in [4.78, 5) is 7.60. The van der Waals surface area contributed by atoms with E-state index in [-0.39, 0.29) is 0 Å². The predicted molar refractivity (Wildman–Crippen MR) is 94.4 cm³/mol. The van der Waals surface area contributed by atoms with Crippen LogP contribution in [0.4, 0.5) is 5.95 Å². The Labute approximate surface area is 133 Å². The standard InChI is InChI=1S/C17H16N6/c1-3-4-5-8-12(2)11-18-22-17-20-16-15(21-23-17)13-9-6-7-10-14(13)19-16/h3-11H,1H2,2H3,(H2,19,20,22,23)/b5-4-,12-8+,18-11+. The molecule has 1 aromatic carbocycles. The van der Waals surface area contributed by atoms with E-state index in [2.05, 4.69) is 37.3 Å². The van der Waals surface area contributed by atoms with Crippen LogP contribution in [0.25, 0.3) is 22.1 Å². The molecule has 0 saturated carbocycles. The number of nitrogens with one attached hydrogen (secondary N) is 2. The Kier molecular flexibility index (Phi) is 4.24. The largest absolute Gasteiger partial charge is 0.338 e. The van der Waals surface area contributed by atoms with Crippen LogP contribution in [-0.2, 0) is 0 Å². The summed E-state index contributed by atoms with van der Waals surface area (Å²) < 4.78 is 0. The number of benzene rings is 1. The minimum Gasteiger partial charge on any atom is -0.338 e. The van der Waals surface area contributed by atoms with E-state index >= 15 is 0 Å². The maximum absolute atomic E-state index is 4.38. The maximum atomic E-state index is 4.38. The molecule has 0 fully saturated rings. The second-order valence-corrected chi connectivity index (χ2v) is 4.90. The quantitative estimate of drug-likeness (QED) is 0.429. The van der Waals surface area contributed by atoms with Crippen molar-refractivity contribution in [3.05, 3.63) is 60.7 Å². The van der Waals surface area contributed by atoms with Crippen LogP contribution >= 0.6 is 0 Å². The van der Waals surface area contributed by atoms with Gasteiger partial charge >= 0.3 is 0 Å². The number of aromatic amines is 1. The molecule has 0 atom stereocenters. The summed E-state index contributed by atoms with van der Waals surface area (Å²) in [5.41, 5.74) is 6.18. The van der Waals surface area contributed by atoms with Crippen molar-refractivity contribution in [2.75, 3.05) is 5.43 Å². The minimum atomic E-state index is 0.342. The lowest BCUT2D eigenvalue weighted by atomic mass is 10.2. The van der Waals surface area contributed by atoms with Gasteiger partial charge in [-0.15, -0.1) is 10.2 Å². The lowest BCUT2D eigenvalue weighted by molar-refractivity contribution is 1.01. The number of hydrogen-bond acceptors (Lipinski definition) is 5. The number of fused-ring (bicyclic) bond motifs is 3. The number of rotatable bonds is 5. The van der Waals surface area contributed by atoms with Crippen molar-refractivity contribution in [3.8, 4) is 0 Å². The third kappa shape index (κ3) is 3.32. The van der Waals surface area contributed by atoms with E-state index in [1.165, 1.54) is 0 Å². The van der Waals surface area contributed by atoms with E-state index in [1.807, 2.05) is 49.4 Å². The molecule has 0 bridgehead atoms. The van der Waals surface area contributed by atoms with E-state index in [0.717, 1.165) is 22.0 Å². The SMILES string of the molecule is C=C\C=C/C=C(C)/C=N/Nc1nnc2c(n1)[nH]c1ccccc12. The highest BCUT2D eigenvalue weighted by atomic mass is 15.4. The fourth-order valence-corrected chi connectivity index (χ4v) is 2.09. The second-order valence-electron chi connectivity index (χ2n) is 4.90. The number of anilines is 1. The van der Waals surface area contributed by atoms with E-state index in [9.17, 15) is 0 Å². The highest BCUT2D eigenvalue weighted by molar-refractivity contribution is 6.03. The number of H-pyrrole nitrogens is 1. The molecule has 3 rings (SSSR count). The average molecular weight is 304 g/mol. The molecular formula is C17H16N6. The van der Waals surface area contributed by atoms with Gasteiger partial charge in [-0.25, -0.2) is 5.43 Å². The van der Waals surface area contributed by atoms with E-state index in [1.54, 1.807) is 12.3 Å². The minimum absolute atomic E-state index is 0.342. The van der Waals surface area contributed by atoms with Gasteiger partial charge in [0.1, 0.15) is 5.52 Å². The molecule has 0 aliphatic heterocycles. The van der Waals surface area contributed by atoms with Gasteiger partial charge in [0.2, 0.25) is 0 Å². The van der Waals surface area contributed by atoms with E-state index < -0.39 is 0 Å². The zero-order valence-electron chi connectivity index (χ0n) is 12.7. The van der Waals surface area contributed by atoms with Crippen molar-refractivity contribution in [3.63, 3.8) is 0 Å². The average Bonchev–Trinajstić information content (AvgIpc) is 2.93. The topological polar surface area (TPSA) is 78.8 Å². The van der Waals surface area contributed by atoms with Gasteiger partial charge < -0.3 is 4.98 Å². The lowest BCUT2D eigenvalue weighted by Gasteiger charge is -1.96. The van der Waals surface area contributed by atoms with Gasteiger partial charge in [-0.05, 0) is 18.6 Å². The fourth-order valence-electron chi connectivity index (χ4n) is 2.09. The highest BCUT2D eigenvalue weighted by Gasteiger charge is 2.07. The van der Waals surface area contributed by atoms with Gasteiger partial charge in [0.15, 0.2) is 5.65 Å². The first-order valence-electron chi connectivity index (χ1n) is 7.14. The Morgan fingerprint density at radius 2 is 2.13 bits per heavy atom. The fraction of sp³-hybridized carbons (Fsp3) is 0.0588. The molecule has 2 aromatic heterocycles. The van der Waals surface area contributed by atoms with Crippen molar-refractivity contribution >= 4 is 34.2 Å². The normalized spacial score (nSPS) is 12.7. The molecule has 0 aliphatic rings. The van der Waals surface area contributed by atoms with Gasteiger partial charge in [-0.2, -0.15) is 10.1 Å². The molecule has 23 heavy (non-hydrogen) atoms. The Morgan fingerprint density at radius 3 is 3.00 bits per heavy atom. The smallest absolute Gasteiger partial charge is 0.265 e. The number of allylic oxidation sites excluding steroid dienone is 5. The number of para-hydroxylation sites is 1. The number of hydrazone groups is 1. The Bertz CT molecular complexity index is 933. The van der Waals surface area contributed by atoms with Gasteiger partial charge in [-0.3, -0.25) is 0 Å². The third-order valence-corrected chi connectivity index (χ3v) is 3.16. The molecule has 2 N–H and O–H groups in total. The van der Waals surface area contributed by atoms with Crippen LogP contribution in [0.1, 0.15) is 6.92 Å². The van der Waals surface area contributed by atoms with Crippen molar-refractivity contribution < 1.29 is 0 Å². The number of hydrogen-bond donors (Lipinski definition) is 2. The van der Waals surface area contributed by atoms with Crippen LogP contribution in [0.3, 0.4) is 0 Å². The zero-order valence-corrected chi connectivity index (χ0v) is 12.7. The van der Waals surface area contributed by atoms with Crippen molar-refractivity contribution in [2.24, 2.45) is 5.10 Å². The zero-order chi connectivity index (χ0) is 16.1. The number of aromatic nitrogens is 4. The van der Waals surface area contributed by atoms with Crippen LogP contribution in [0.2, 0.25) is 0 Å². The number of nitrogens with zero attached hydrogens (tertiary/aromatic N) is 4. The van der Waals surface area contributed by atoms with Crippen molar-refractivity contribution in [1.82, 2.24) is 20.2 Å². The Hall–Kier alpha value is -3.28. The third-order valence-electron chi connectivity index (χ3n) is 3.16. The van der Waals surface area contributed by atoms with Crippen LogP contribution < -0.4 is 5.43 Å². The summed E-state index contributed by atoms with van der Waals surface area (Å²) in [6.07, 6.45) is 9.07. The molecule has 2 heterocycles. The van der Waals surface area contributed by atoms with Crippen molar-refractivity contribution in [2.45, 2.75) is 6.92 Å². The first-order chi connectivity index (χ1) is 11.3. The summed E-state index contributed by atoms with van der Waals surface area (Å²) in [5.74, 6) is 0.342. The summed E-state index contributed by atoms with van der Waals surface area (Å²) in [6.45, 7) is 5.55. The lowest BCUT2D eigenvalue weighted by Crippen LogP contribution is -1.98. The molecule has 0 aliphatic carbocycles.